The summed E-state index contributed by atoms with van der Waals surface area (Å²) >= 11 is 3.58. The molecule has 1 aliphatic carbocycles. The highest BCUT2D eigenvalue weighted by molar-refractivity contribution is 9.10. The van der Waals surface area contributed by atoms with Crippen molar-refractivity contribution in [3.8, 4) is 0 Å². The summed E-state index contributed by atoms with van der Waals surface area (Å²) in [5.41, 5.74) is 1.63. The number of aromatic amines is 1. The van der Waals surface area contributed by atoms with E-state index in [0.29, 0.717) is 23.2 Å². The highest BCUT2D eigenvalue weighted by Crippen LogP contribution is 2.57. The minimum absolute atomic E-state index is 0.0974. The van der Waals surface area contributed by atoms with Crippen molar-refractivity contribution in [2.75, 3.05) is 6.54 Å². The number of para-hydroxylation sites is 2. The Labute approximate surface area is 215 Å². The van der Waals surface area contributed by atoms with Crippen molar-refractivity contribution in [2.45, 2.75) is 30.3 Å². The average Bonchev–Trinajstić information content (AvgIpc) is 3.64. The maximum absolute atomic E-state index is 14.5. The Hall–Kier alpha value is -3.42. The smallest absolute Gasteiger partial charge is 0.204 e. The number of carbonyl (C=O) groups is 3. The second-order valence-corrected chi connectivity index (χ2v) is 10.8. The number of nitrogens with zero attached hydrogens (tertiary/aromatic N) is 2. The van der Waals surface area contributed by atoms with Gasteiger partial charge in [-0.25, -0.2) is 4.98 Å². The fourth-order valence-corrected chi connectivity index (χ4v) is 7.32. The van der Waals surface area contributed by atoms with Crippen molar-refractivity contribution >= 4 is 44.3 Å². The topological polar surface area (TPSA) is 83.1 Å². The molecule has 4 aromatic rings. The molecule has 0 amide bonds. The van der Waals surface area contributed by atoms with Crippen LogP contribution in [0.15, 0.2) is 77.3 Å². The molecule has 2 saturated heterocycles. The molecule has 0 radical (unpaired) electrons. The molecule has 1 aromatic heterocycles. The van der Waals surface area contributed by atoms with Crippen molar-refractivity contribution in [2.24, 2.45) is 5.92 Å². The molecule has 7 rings (SSSR count). The normalized spacial score (nSPS) is 24.5. The van der Waals surface area contributed by atoms with Crippen LogP contribution < -0.4 is 0 Å². The molecule has 3 heterocycles. The van der Waals surface area contributed by atoms with Crippen molar-refractivity contribution in [3.05, 3.63) is 99.8 Å². The average molecular weight is 540 g/mol. The van der Waals surface area contributed by atoms with Crippen LogP contribution in [0, 0.1) is 5.92 Å². The Morgan fingerprint density at radius 2 is 1.69 bits per heavy atom. The quantitative estimate of drug-likeness (QED) is 0.285. The van der Waals surface area contributed by atoms with Gasteiger partial charge in [-0.15, -0.1) is 0 Å². The van der Waals surface area contributed by atoms with Crippen LogP contribution in [-0.4, -0.2) is 50.3 Å². The van der Waals surface area contributed by atoms with Gasteiger partial charge in [-0.1, -0.05) is 64.5 Å². The number of ketones is 3. The van der Waals surface area contributed by atoms with E-state index in [4.69, 9.17) is 0 Å². The summed E-state index contributed by atoms with van der Waals surface area (Å²) in [5, 5.41) is 0. The van der Waals surface area contributed by atoms with E-state index < -0.39 is 11.5 Å². The van der Waals surface area contributed by atoms with E-state index in [2.05, 4.69) is 30.8 Å². The predicted molar refractivity (Wildman–Crippen MR) is 138 cm³/mol. The van der Waals surface area contributed by atoms with Gasteiger partial charge in [0.25, 0.3) is 0 Å². The van der Waals surface area contributed by atoms with Gasteiger partial charge in [0, 0.05) is 27.6 Å². The van der Waals surface area contributed by atoms with Gasteiger partial charge in [-0.2, -0.15) is 0 Å². The molecule has 0 saturated carbocycles. The van der Waals surface area contributed by atoms with E-state index in [-0.39, 0.29) is 35.1 Å². The van der Waals surface area contributed by atoms with Gasteiger partial charge >= 0.3 is 0 Å². The Balaban J connectivity index is 1.48. The van der Waals surface area contributed by atoms with Gasteiger partial charge in [0.05, 0.1) is 17.0 Å². The summed E-state index contributed by atoms with van der Waals surface area (Å²) in [6, 6.07) is 22.3. The highest BCUT2D eigenvalue weighted by atomic mass is 79.9. The van der Waals surface area contributed by atoms with E-state index in [1.807, 2.05) is 48.5 Å². The number of hydrogen-bond donors (Lipinski definition) is 1. The molecule has 178 valence electrons. The third kappa shape index (κ3) is 2.75. The lowest BCUT2D eigenvalue weighted by Gasteiger charge is -2.35. The fraction of sp³-hybridized carbons (Fsp3) is 0.241. The van der Waals surface area contributed by atoms with Gasteiger partial charge in [0.1, 0.15) is 0 Å². The third-order valence-corrected chi connectivity index (χ3v) is 8.72. The van der Waals surface area contributed by atoms with Crippen molar-refractivity contribution in [1.29, 1.82) is 0 Å². The lowest BCUT2D eigenvalue weighted by atomic mass is 9.70. The molecule has 2 aliphatic heterocycles. The van der Waals surface area contributed by atoms with Gasteiger partial charge in [-0.05, 0) is 49.2 Å². The van der Waals surface area contributed by atoms with E-state index in [9.17, 15) is 14.4 Å². The highest BCUT2D eigenvalue weighted by Gasteiger charge is 2.72. The molecule has 1 spiro atoms. The van der Waals surface area contributed by atoms with Gasteiger partial charge in [0.2, 0.25) is 5.78 Å². The first kappa shape index (κ1) is 21.8. The van der Waals surface area contributed by atoms with Crippen LogP contribution in [0.5, 0.6) is 0 Å². The van der Waals surface area contributed by atoms with E-state index in [1.54, 1.807) is 24.3 Å². The largest absolute Gasteiger partial charge is 0.335 e. The lowest BCUT2D eigenvalue weighted by Crippen LogP contribution is -2.59. The van der Waals surface area contributed by atoms with Crippen LogP contribution in [-0.2, 0) is 0 Å². The van der Waals surface area contributed by atoms with Crippen LogP contribution in [0.4, 0.5) is 0 Å². The lowest BCUT2D eigenvalue weighted by molar-refractivity contribution is 0.0470. The van der Waals surface area contributed by atoms with E-state index in [0.717, 1.165) is 28.4 Å². The first-order valence-corrected chi connectivity index (χ1v) is 13.0. The zero-order valence-corrected chi connectivity index (χ0v) is 20.9. The first-order valence-electron chi connectivity index (χ1n) is 12.2. The summed E-state index contributed by atoms with van der Waals surface area (Å²) in [6.45, 7) is 0.602. The number of aromatic nitrogens is 2. The van der Waals surface area contributed by atoms with Gasteiger partial charge < -0.3 is 4.98 Å². The Morgan fingerprint density at radius 3 is 2.42 bits per heavy atom. The molecule has 3 unspecified atom stereocenters. The molecule has 3 atom stereocenters. The SMILES string of the molecule is O=C(c1nc2ccccc2[nH]1)C1C(c2cccc(Br)c2)C2CCCN2C12C(=O)c1ccccc1C2=O. The number of halogens is 1. The zero-order chi connectivity index (χ0) is 24.6. The number of benzene rings is 3. The molecule has 6 nitrogen and oxygen atoms in total. The minimum Gasteiger partial charge on any atom is -0.335 e. The predicted octanol–water partition coefficient (Wildman–Crippen LogP) is 5.20. The van der Waals surface area contributed by atoms with Crippen LogP contribution in [0.3, 0.4) is 0 Å². The number of rotatable bonds is 3. The number of H-pyrrole nitrogens is 1. The van der Waals surface area contributed by atoms with Crippen LogP contribution >= 0.6 is 15.9 Å². The second-order valence-electron chi connectivity index (χ2n) is 9.90. The van der Waals surface area contributed by atoms with E-state index in [1.165, 1.54) is 0 Å². The monoisotopic (exact) mass is 539 g/mol. The van der Waals surface area contributed by atoms with Crippen LogP contribution in [0.2, 0.25) is 0 Å². The van der Waals surface area contributed by atoms with Crippen LogP contribution in [0.25, 0.3) is 11.0 Å². The molecule has 2 fully saturated rings. The number of hydrogen-bond acceptors (Lipinski definition) is 5. The number of nitrogens with one attached hydrogen (secondary N) is 1. The number of fused-ring (bicyclic) bond motifs is 4. The molecular formula is C29H22BrN3O3. The Morgan fingerprint density at radius 1 is 0.972 bits per heavy atom. The summed E-state index contributed by atoms with van der Waals surface area (Å²) in [6.07, 6.45) is 1.69. The van der Waals surface area contributed by atoms with Crippen molar-refractivity contribution in [1.82, 2.24) is 14.9 Å². The van der Waals surface area contributed by atoms with Crippen LogP contribution in [0.1, 0.15) is 55.7 Å². The fourth-order valence-electron chi connectivity index (χ4n) is 6.90. The standard InChI is InChI=1S/C29H22BrN3O3/c30-17-8-5-7-16(15-17)23-22-13-6-14-33(22)29(26(35)18-9-1-2-10-19(18)27(29)36)24(23)25(34)28-31-20-11-3-4-12-21(20)32-28/h1-5,7-12,15,22-24H,6,13-14H2,(H,31,32). The molecule has 3 aliphatic rings. The minimum atomic E-state index is -1.56. The maximum Gasteiger partial charge on any atom is 0.204 e. The molecule has 36 heavy (non-hydrogen) atoms. The second kappa shape index (κ2) is 7.79. The summed E-state index contributed by atoms with van der Waals surface area (Å²) in [4.78, 5) is 52.9. The molecule has 7 heteroatoms. The first-order chi connectivity index (χ1) is 17.5. The number of Topliss-reactive ketones (excluding diaryl/α,β-unsaturated/α-hetero) is 3. The third-order valence-electron chi connectivity index (χ3n) is 8.22. The van der Waals surface area contributed by atoms with Gasteiger partial charge in [-0.3, -0.25) is 19.3 Å². The molecule has 3 aromatic carbocycles. The number of imidazole rings is 1. The maximum atomic E-state index is 14.5. The Bertz CT molecular complexity index is 1520. The molecule has 1 N–H and O–H groups in total. The van der Waals surface area contributed by atoms with Crippen molar-refractivity contribution < 1.29 is 14.4 Å². The molecular weight excluding hydrogens is 518 g/mol. The van der Waals surface area contributed by atoms with Gasteiger partial charge in [0.15, 0.2) is 22.9 Å². The molecule has 0 bridgehead atoms. The number of carbonyl (C=O) groups excluding carboxylic acids is 3. The summed E-state index contributed by atoms with van der Waals surface area (Å²) in [7, 11) is 0. The zero-order valence-electron chi connectivity index (χ0n) is 19.3. The Kier molecular flexibility index (Phi) is 4.72. The summed E-state index contributed by atoms with van der Waals surface area (Å²) < 4.78 is 0.896. The van der Waals surface area contributed by atoms with Crippen molar-refractivity contribution in [3.63, 3.8) is 0 Å². The van der Waals surface area contributed by atoms with E-state index >= 15 is 0 Å². The summed E-state index contributed by atoms with van der Waals surface area (Å²) in [5.74, 6) is -1.85.